The van der Waals surface area contributed by atoms with E-state index in [9.17, 15) is 22.8 Å². The van der Waals surface area contributed by atoms with Gasteiger partial charge in [-0.25, -0.2) is 0 Å². The predicted octanol–water partition coefficient (Wildman–Crippen LogP) is 5.67. The predicted molar refractivity (Wildman–Crippen MR) is 128 cm³/mol. The molecule has 3 aromatic carbocycles. The Kier molecular flexibility index (Phi) is 7.19. The number of nitrogens with one attached hydrogen (secondary N) is 1. The van der Waals surface area contributed by atoms with E-state index in [0.29, 0.717) is 30.0 Å². The average molecular weight is 499 g/mol. The number of benzene rings is 3. The van der Waals surface area contributed by atoms with Crippen molar-refractivity contribution in [2.75, 3.05) is 12.4 Å². The Hall–Kier alpha value is -4.01. The van der Waals surface area contributed by atoms with Crippen LogP contribution in [0.3, 0.4) is 0 Å². The number of hydrogen-bond acceptors (Lipinski definition) is 4. The Bertz CT molecular complexity index is 1240. The molecule has 0 unspecified atom stereocenters. The third-order valence-electron chi connectivity index (χ3n) is 5.91. The third-order valence-corrected chi connectivity index (χ3v) is 5.91. The summed E-state index contributed by atoms with van der Waals surface area (Å²) >= 11 is 0. The summed E-state index contributed by atoms with van der Waals surface area (Å²) in [5, 5.41) is 2.71. The summed E-state index contributed by atoms with van der Waals surface area (Å²) in [6, 6.07) is 16.5. The number of carbonyl (C=O) groups excluding carboxylic acids is 2. The van der Waals surface area contributed by atoms with Crippen LogP contribution in [-0.2, 0) is 24.1 Å². The van der Waals surface area contributed by atoms with Gasteiger partial charge in [-0.05, 0) is 66.6 Å². The monoisotopic (exact) mass is 498 g/mol. The summed E-state index contributed by atoms with van der Waals surface area (Å²) in [6.45, 7) is 2.50. The molecule has 0 aromatic heterocycles. The number of anilines is 1. The van der Waals surface area contributed by atoms with Crippen LogP contribution in [0, 0.1) is 0 Å². The van der Waals surface area contributed by atoms with Crippen LogP contribution in [-0.4, -0.2) is 29.9 Å². The Morgan fingerprint density at radius 2 is 1.78 bits per heavy atom. The van der Waals surface area contributed by atoms with Crippen LogP contribution in [0.4, 0.5) is 18.9 Å². The van der Waals surface area contributed by atoms with Crippen molar-refractivity contribution in [1.82, 2.24) is 4.90 Å². The first-order valence-corrected chi connectivity index (χ1v) is 11.4. The molecule has 0 saturated heterocycles. The first-order valence-electron chi connectivity index (χ1n) is 11.4. The van der Waals surface area contributed by atoms with Crippen molar-refractivity contribution in [2.45, 2.75) is 38.7 Å². The van der Waals surface area contributed by atoms with Gasteiger partial charge in [0.15, 0.2) is 6.10 Å². The number of alkyl halides is 3. The van der Waals surface area contributed by atoms with Gasteiger partial charge >= 0.3 is 6.18 Å². The van der Waals surface area contributed by atoms with Gasteiger partial charge in [0.05, 0.1) is 12.7 Å². The van der Waals surface area contributed by atoms with Crippen molar-refractivity contribution in [3.05, 3.63) is 89.0 Å². The lowest BCUT2D eigenvalue weighted by Gasteiger charge is -2.23. The van der Waals surface area contributed by atoms with E-state index in [2.05, 4.69) is 5.32 Å². The van der Waals surface area contributed by atoms with Crippen molar-refractivity contribution >= 4 is 17.5 Å². The molecule has 9 heteroatoms. The number of carbonyl (C=O) groups is 2. The molecule has 0 radical (unpaired) electrons. The number of halogens is 3. The van der Waals surface area contributed by atoms with Gasteiger partial charge in [0.2, 0.25) is 0 Å². The minimum absolute atomic E-state index is 0.0940. The highest BCUT2D eigenvalue weighted by molar-refractivity contribution is 6.04. The number of amides is 2. The fourth-order valence-electron chi connectivity index (χ4n) is 3.94. The van der Waals surface area contributed by atoms with E-state index in [1.165, 1.54) is 0 Å². The fraction of sp³-hybridized carbons (Fsp3) is 0.259. The van der Waals surface area contributed by atoms with Gasteiger partial charge in [-0.2, -0.15) is 13.2 Å². The molecule has 4 rings (SSSR count). The molecule has 3 aromatic rings. The minimum atomic E-state index is -4.47. The van der Waals surface area contributed by atoms with Crippen LogP contribution in [0.1, 0.15) is 40.4 Å². The molecule has 1 N–H and O–H groups in total. The standard InChI is InChI=1S/C27H25F3N2O4/c1-3-23-26(34)32(15-17-4-11-22(35-2)12-5-17)16-19-14-21(10-13-24(19)36-23)31-25(33)18-6-8-20(9-7-18)27(28,29)30/h4-14,23H,3,15-16H2,1-2H3,(H,31,33)/t23-/m1/s1. The molecule has 0 bridgehead atoms. The Labute approximate surface area is 206 Å². The Morgan fingerprint density at radius 3 is 2.39 bits per heavy atom. The van der Waals surface area contributed by atoms with Gasteiger partial charge < -0.3 is 19.7 Å². The van der Waals surface area contributed by atoms with Crippen LogP contribution in [0.15, 0.2) is 66.7 Å². The fourth-order valence-corrected chi connectivity index (χ4v) is 3.94. The van der Waals surface area contributed by atoms with Gasteiger partial charge in [0, 0.05) is 29.9 Å². The zero-order valence-electron chi connectivity index (χ0n) is 19.8. The summed E-state index contributed by atoms with van der Waals surface area (Å²) in [5.74, 6) is 0.574. The normalized spacial score (nSPS) is 15.5. The maximum absolute atomic E-state index is 13.1. The van der Waals surface area contributed by atoms with Gasteiger partial charge in [0.1, 0.15) is 11.5 Å². The van der Waals surface area contributed by atoms with Crippen LogP contribution < -0.4 is 14.8 Å². The Morgan fingerprint density at radius 1 is 1.08 bits per heavy atom. The van der Waals surface area contributed by atoms with E-state index in [0.717, 1.165) is 35.6 Å². The van der Waals surface area contributed by atoms with Crippen molar-refractivity contribution < 1.29 is 32.2 Å². The van der Waals surface area contributed by atoms with Gasteiger partial charge in [0.25, 0.3) is 11.8 Å². The lowest BCUT2D eigenvalue weighted by Crippen LogP contribution is -2.38. The zero-order chi connectivity index (χ0) is 25.9. The van der Waals surface area contributed by atoms with Gasteiger partial charge in [-0.1, -0.05) is 19.1 Å². The number of nitrogens with zero attached hydrogens (tertiary/aromatic N) is 1. The largest absolute Gasteiger partial charge is 0.497 e. The van der Waals surface area contributed by atoms with Crippen LogP contribution in [0.2, 0.25) is 0 Å². The summed E-state index contributed by atoms with van der Waals surface area (Å²) in [5.41, 5.74) is 1.34. The molecule has 0 spiro atoms. The summed E-state index contributed by atoms with van der Waals surface area (Å²) < 4.78 is 49.6. The lowest BCUT2D eigenvalue weighted by molar-refractivity contribution is -0.139. The van der Waals surface area contributed by atoms with Crippen molar-refractivity contribution in [1.29, 1.82) is 0 Å². The molecule has 1 atom stereocenters. The maximum Gasteiger partial charge on any atom is 0.416 e. The zero-order valence-corrected chi connectivity index (χ0v) is 19.8. The summed E-state index contributed by atoms with van der Waals surface area (Å²) in [6.07, 6.45) is -4.63. The smallest absolute Gasteiger partial charge is 0.416 e. The van der Waals surface area contributed by atoms with Crippen molar-refractivity contribution in [2.24, 2.45) is 0 Å². The van der Waals surface area contributed by atoms with E-state index in [4.69, 9.17) is 9.47 Å². The highest BCUT2D eigenvalue weighted by Crippen LogP contribution is 2.31. The minimum Gasteiger partial charge on any atom is -0.497 e. The molecule has 1 aliphatic rings. The second kappa shape index (κ2) is 10.3. The topological polar surface area (TPSA) is 67.9 Å². The molecular formula is C27H25F3N2O4. The van der Waals surface area contributed by atoms with E-state index >= 15 is 0 Å². The highest BCUT2D eigenvalue weighted by atomic mass is 19.4. The van der Waals surface area contributed by atoms with Crippen LogP contribution in [0.25, 0.3) is 0 Å². The number of methoxy groups -OCH3 is 1. The number of hydrogen-bond donors (Lipinski definition) is 1. The third kappa shape index (κ3) is 5.62. The molecule has 6 nitrogen and oxygen atoms in total. The molecule has 2 amide bonds. The Balaban J connectivity index is 1.54. The highest BCUT2D eigenvalue weighted by Gasteiger charge is 2.31. The number of rotatable bonds is 6. The van der Waals surface area contributed by atoms with Crippen molar-refractivity contribution in [3.8, 4) is 11.5 Å². The molecule has 36 heavy (non-hydrogen) atoms. The molecule has 0 saturated carbocycles. The van der Waals surface area contributed by atoms with E-state index in [1.54, 1.807) is 30.2 Å². The first kappa shape index (κ1) is 25.1. The quantitative estimate of drug-likeness (QED) is 0.476. The SMILES string of the molecule is CC[C@H]1Oc2ccc(NC(=O)c3ccc(C(F)(F)F)cc3)cc2CN(Cc2ccc(OC)cc2)C1=O. The van der Waals surface area contributed by atoms with Crippen LogP contribution in [0.5, 0.6) is 11.5 Å². The second-order valence-electron chi connectivity index (χ2n) is 8.41. The van der Waals surface area contributed by atoms with Gasteiger partial charge in [-0.15, -0.1) is 0 Å². The molecule has 1 heterocycles. The van der Waals surface area contributed by atoms with Gasteiger partial charge in [-0.3, -0.25) is 9.59 Å². The summed E-state index contributed by atoms with van der Waals surface area (Å²) in [7, 11) is 1.58. The molecule has 0 fully saturated rings. The molecule has 188 valence electrons. The van der Waals surface area contributed by atoms with Crippen molar-refractivity contribution in [3.63, 3.8) is 0 Å². The van der Waals surface area contributed by atoms with E-state index in [1.807, 2.05) is 31.2 Å². The van der Waals surface area contributed by atoms with E-state index in [-0.39, 0.29) is 18.0 Å². The number of ether oxygens (including phenoxy) is 2. The number of fused-ring (bicyclic) bond motifs is 1. The molecular weight excluding hydrogens is 473 g/mol. The van der Waals surface area contributed by atoms with Crippen LogP contribution >= 0.6 is 0 Å². The summed E-state index contributed by atoms with van der Waals surface area (Å²) in [4.78, 5) is 27.5. The molecule has 0 aliphatic carbocycles. The van der Waals surface area contributed by atoms with E-state index < -0.39 is 23.8 Å². The molecule has 1 aliphatic heterocycles. The average Bonchev–Trinajstić information content (AvgIpc) is 3.00. The maximum atomic E-state index is 13.1. The first-order chi connectivity index (χ1) is 17.2. The lowest BCUT2D eigenvalue weighted by atomic mass is 10.1. The second-order valence-corrected chi connectivity index (χ2v) is 8.41.